The van der Waals surface area contributed by atoms with Crippen molar-refractivity contribution in [2.24, 2.45) is 5.73 Å². The van der Waals surface area contributed by atoms with Crippen LogP contribution in [0.5, 0.6) is 0 Å². The fraction of sp³-hybridized carbons (Fsp3) is 0.538. The molecule has 6 nitrogen and oxygen atoms in total. The maximum atomic E-state index is 12.5. The second-order valence-corrected chi connectivity index (χ2v) is 9.56. The van der Waals surface area contributed by atoms with Crippen molar-refractivity contribution < 1.29 is 16.8 Å². The lowest BCUT2D eigenvalue weighted by atomic mass is 10.1. The Hall–Kier alpha value is -0.670. The first-order valence-corrected chi connectivity index (χ1v) is 10.2. The molecule has 0 saturated carbocycles. The van der Waals surface area contributed by atoms with E-state index in [0.717, 1.165) is 19.1 Å². The van der Waals surface area contributed by atoms with Crippen LogP contribution in [0.1, 0.15) is 18.4 Å². The Morgan fingerprint density at radius 2 is 1.77 bits per heavy atom. The smallest absolute Gasteiger partial charge is 0.243 e. The summed E-state index contributed by atoms with van der Waals surface area (Å²) in [6.45, 7) is 0.800. The number of sulfonamides is 1. The molecule has 1 atom stereocenters. The van der Waals surface area contributed by atoms with Crippen molar-refractivity contribution in [3.05, 3.63) is 29.8 Å². The molecule has 0 aliphatic carbocycles. The van der Waals surface area contributed by atoms with Crippen LogP contribution >= 0.6 is 12.4 Å². The van der Waals surface area contributed by atoms with Crippen LogP contribution in [0.25, 0.3) is 0 Å². The first-order chi connectivity index (χ1) is 9.68. The third-order valence-electron chi connectivity index (χ3n) is 3.41. The number of nitrogens with two attached hydrogens (primary N) is 1. The molecule has 0 aromatic heterocycles. The maximum absolute atomic E-state index is 12.5. The van der Waals surface area contributed by atoms with E-state index in [2.05, 4.69) is 0 Å². The van der Waals surface area contributed by atoms with Crippen molar-refractivity contribution in [3.8, 4) is 0 Å². The van der Waals surface area contributed by atoms with Gasteiger partial charge in [-0.1, -0.05) is 12.1 Å². The zero-order valence-electron chi connectivity index (χ0n) is 12.3. The number of nitrogens with zero attached hydrogens (tertiary/aromatic N) is 1. The Balaban J connectivity index is 0.00000242. The van der Waals surface area contributed by atoms with E-state index >= 15 is 0 Å². The van der Waals surface area contributed by atoms with E-state index in [1.165, 1.54) is 28.6 Å². The van der Waals surface area contributed by atoms with Crippen molar-refractivity contribution in [2.45, 2.75) is 29.5 Å². The predicted octanol–water partition coefficient (Wildman–Crippen LogP) is 0.765. The Morgan fingerprint density at radius 1 is 1.18 bits per heavy atom. The molecule has 2 rings (SSSR count). The second-order valence-electron chi connectivity index (χ2n) is 5.48. The van der Waals surface area contributed by atoms with Gasteiger partial charge in [0.05, 0.1) is 10.6 Å². The van der Waals surface area contributed by atoms with Gasteiger partial charge in [0.25, 0.3) is 0 Å². The average Bonchev–Trinajstić information content (AvgIpc) is 2.37. The fourth-order valence-electron chi connectivity index (χ4n) is 2.40. The molecule has 2 N–H and O–H groups in total. The highest BCUT2D eigenvalue weighted by atomic mass is 35.5. The molecule has 1 aromatic rings. The minimum Gasteiger partial charge on any atom is -0.327 e. The molecular weight excluding hydrogens is 348 g/mol. The van der Waals surface area contributed by atoms with Crippen LogP contribution in [0.2, 0.25) is 0 Å². The van der Waals surface area contributed by atoms with Crippen molar-refractivity contribution in [1.29, 1.82) is 0 Å². The first kappa shape index (κ1) is 19.4. The van der Waals surface area contributed by atoms with Crippen molar-refractivity contribution >= 4 is 32.3 Å². The number of piperidine rings is 1. The lowest BCUT2D eigenvalue weighted by Gasteiger charge is -2.29. The summed E-state index contributed by atoms with van der Waals surface area (Å²) in [4.78, 5) is 0.175. The highest BCUT2D eigenvalue weighted by Gasteiger charge is 2.28. The third-order valence-corrected chi connectivity index (χ3v) is 6.15. The van der Waals surface area contributed by atoms with E-state index < -0.39 is 19.9 Å². The molecule has 1 fully saturated rings. The summed E-state index contributed by atoms with van der Waals surface area (Å²) < 4.78 is 48.8. The van der Waals surface area contributed by atoms with Crippen LogP contribution in [0.3, 0.4) is 0 Å². The largest absolute Gasteiger partial charge is 0.327 e. The fourth-order valence-corrected chi connectivity index (χ4v) is 4.74. The van der Waals surface area contributed by atoms with Gasteiger partial charge in [-0.2, -0.15) is 4.31 Å². The lowest BCUT2D eigenvalue weighted by molar-refractivity contribution is 0.316. The Morgan fingerprint density at radius 3 is 2.27 bits per heavy atom. The van der Waals surface area contributed by atoms with Crippen LogP contribution in [0.4, 0.5) is 0 Å². The van der Waals surface area contributed by atoms with Crippen LogP contribution in [-0.4, -0.2) is 46.5 Å². The number of halogens is 1. The van der Waals surface area contributed by atoms with Crippen LogP contribution in [0.15, 0.2) is 29.2 Å². The van der Waals surface area contributed by atoms with Crippen LogP contribution in [0, 0.1) is 0 Å². The van der Waals surface area contributed by atoms with Crippen molar-refractivity contribution in [2.75, 3.05) is 19.3 Å². The zero-order valence-corrected chi connectivity index (χ0v) is 14.8. The molecule has 1 aliphatic rings. The van der Waals surface area contributed by atoms with Gasteiger partial charge in [-0.15, -0.1) is 12.4 Å². The van der Waals surface area contributed by atoms with Gasteiger partial charge in [0.15, 0.2) is 9.84 Å². The summed E-state index contributed by atoms with van der Waals surface area (Å²) >= 11 is 0. The van der Waals surface area contributed by atoms with Crippen LogP contribution in [-0.2, 0) is 25.6 Å². The molecular formula is C13H21ClN2O4S2. The van der Waals surface area contributed by atoms with Gasteiger partial charge in [0.1, 0.15) is 0 Å². The Kier molecular flexibility index (Phi) is 6.40. The third kappa shape index (κ3) is 4.92. The monoisotopic (exact) mass is 368 g/mol. The molecule has 0 radical (unpaired) electrons. The lowest BCUT2D eigenvalue weighted by Crippen LogP contribution is -2.45. The number of rotatable bonds is 4. The van der Waals surface area contributed by atoms with E-state index in [-0.39, 0.29) is 29.1 Å². The maximum Gasteiger partial charge on any atom is 0.243 e. The van der Waals surface area contributed by atoms with Gasteiger partial charge in [-0.05, 0) is 30.5 Å². The molecule has 0 spiro atoms. The normalized spacial score (nSPS) is 20.4. The predicted molar refractivity (Wildman–Crippen MR) is 88.2 cm³/mol. The van der Waals surface area contributed by atoms with Crippen molar-refractivity contribution in [1.82, 2.24) is 4.31 Å². The van der Waals surface area contributed by atoms with E-state index in [4.69, 9.17) is 5.73 Å². The minimum atomic E-state index is -3.55. The van der Waals surface area contributed by atoms with Gasteiger partial charge in [-0.3, -0.25) is 0 Å². The van der Waals surface area contributed by atoms with E-state index in [1.807, 2.05) is 0 Å². The average molecular weight is 369 g/mol. The first-order valence-electron chi connectivity index (χ1n) is 6.71. The van der Waals surface area contributed by atoms with Gasteiger partial charge in [-0.25, -0.2) is 16.8 Å². The topological polar surface area (TPSA) is 97.5 Å². The molecule has 126 valence electrons. The molecule has 0 unspecified atom stereocenters. The van der Waals surface area contributed by atoms with E-state index in [1.54, 1.807) is 0 Å². The molecule has 22 heavy (non-hydrogen) atoms. The number of hydrogen-bond donors (Lipinski definition) is 1. The number of sulfone groups is 1. The highest BCUT2D eigenvalue weighted by Crippen LogP contribution is 2.21. The molecule has 1 saturated heterocycles. The summed E-state index contributed by atoms with van der Waals surface area (Å²) in [5.74, 6) is -0.0953. The van der Waals surface area contributed by atoms with Gasteiger partial charge in [0.2, 0.25) is 10.0 Å². The number of benzene rings is 1. The van der Waals surface area contributed by atoms with Gasteiger partial charge in [0, 0.05) is 25.4 Å². The Bertz CT molecular complexity index is 702. The van der Waals surface area contributed by atoms with E-state index in [9.17, 15) is 16.8 Å². The summed E-state index contributed by atoms with van der Waals surface area (Å²) in [5, 5.41) is 0. The standard InChI is InChI=1S/C13H20N2O4S2.ClH/c1-20(16,17)10-11-4-6-13(7-5-11)21(18,19)15-8-2-3-12(14)9-15;/h4-7,12H,2-3,8-10,14H2,1H3;1H/t12-;/m1./s1. The van der Waals surface area contributed by atoms with Crippen LogP contribution < -0.4 is 5.73 Å². The molecule has 1 aliphatic heterocycles. The number of hydrogen-bond acceptors (Lipinski definition) is 5. The van der Waals surface area contributed by atoms with Gasteiger partial charge < -0.3 is 5.73 Å². The SMILES string of the molecule is CS(=O)(=O)Cc1ccc(S(=O)(=O)N2CCC[C@@H](N)C2)cc1.Cl. The Labute approximate surface area is 138 Å². The van der Waals surface area contributed by atoms with Crippen molar-refractivity contribution in [3.63, 3.8) is 0 Å². The van der Waals surface area contributed by atoms with Gasteiger partial charge >= 0.3 is 0 Å². The van der Waals surface area contributed by atoms with E-state index in [0.29, 0.717) is 18.7 Å². The minimum absolute atomic E-state index is 0. The highest BCUT2D eigenvalue weighted by molar-refractivity contribution is 7.90. The summed E-state index contributed by atoms with van der Waals surface area (Å²) in [6.07, 6.45) is 2.73. The summed E-state index contributed by atoms with van der Waals surface area (Å²) in [6, 6.07) is 5.86. The summed E-state index contributed by atoms with van der Waals surface area (Å²) in [7, 11) is -6.68. The molecule has 9 heteroatoms. The molecule has 0 bridgehead atoms. The zero-order chi connectivity index (χ0) is 15.7. The molecule has 1 heterocycles. The quantitative estimate of drug-likeness (QED) is 0.846. The summed E-state index contributed by atoms with van der Waals surface area (Å²) in [5.41, 5.74) is 6.40. The second kappa shape index (κ2) is 7.27. The molecule has 0 amide bonds. The molecule has 1 aromatic carbocycles.